The smallest absolute Gasteiger partial charge is 0.337 e. The van der Waals surface area contributed by atoms with Gasteiger partial charge in [-0.05, 0) is 41.8 Å². The Bertz CT molecular complexity index is 1470. The molecule has 0 aliphatic rings. The van der Waals surface area contributed by atoms with Crippen molar-refractivity contribution in [2.75, 3.05) is 7.11 Å². The van der Waals surface area contributed by atoms with Crippen LogP contribution in [0.4, 0.5) is 0 Å². The highest BCUT2D eigenvalue weighted by atomic mass is 35.5. The monoisotopic (exact) mass is 466 g/mol. The van der Waals surface area contributed by atoms with Crippen molar-refractivity contribution in [3.05, 3.63) is 91.8 Å². The molecule has 2 heterocycles. The van der Waals surface area contributed by atoms with E-state index in [0.717, 1.165) is 5.56 Å². The van der Waals surface area contributed by atoms with Crippen LogP contribution in [0.25, 0.3) is 16.9 Å². The lowest BCUT2D eigenvalue weighted by molar-refractivity contribution is 0.0600. The van der Waals surface area contributed by atoms with Gasteiger partial charge in [0.15, 0.2) is 11.2 Å². The number of carbonyl (C=O) groups is 1. The van der Waals surface area contributed by atoms with Crippen molar-refractivity contribution in [2.45, 2.75) is 26.9 Å². The van der Waals surface area contributed by atoms with Gasteiger partial charge in [-0.2, -0.15) is 0 Å². The fourth-order valence-electron chi connectivity index (χ4n) is 3.79. The van der Waals surface area contributed by atoms with Crippen molar-refractivity contribution in [3.63, 3.8) is 0 Å². The van der Waals surface area contributed by atoms with Crippen molar-refractivity contribution < 1.29 is 9.53 Å². The van der Waals surface area contributed by atoms with Crippen molar-refractivity contribution in [1.29, 1.82) is 0 Å². The zero-order valence-corrected chi connectivity index (χ0v) is 19.2. The van der Waals surface area contributed by atoms with Crippen LogP contribution in [0, 0.1) is 5.92 Å². The summed E-state index contributed by atoms with van der Waals surface area (Å²) in [5, 5.41) is 0.466. The van der Waals surface area contributed by atoms with Crippen LogP contribution in [0.1, 0.15) is 29.8 Å². The average Bonchev–Trinajstić information content (AvgIpc) is 3.19. The largest absolute Gasteiger partial charge is 0.465 e. The van der Waals surface area contributed by atoms with E-state index in [-0.39, 0.29) is 24.7 Å². The van der Waals surface area contributed by atoms with E-state index in [1.165, 1.54) is 22.6 Å². The summed E-state index contributed by atoms with van der Waals surface area (Å²) in [6.45, 7) is 4.42. The molecule has 0 N–H and O–H groups in total. The second-order valence-corrected chi connectivity index (χ2v) is 8.58. The topological polar surface area (TPSA) is 88.1 Å². The molecule has 33 heavy (non-hydrogen) atoms. The molecule has 170 valence electrons. The molecule has 0 saturated carbocycles. The van der Waals surface area contributed by atoms with Crippen molar-refractivity contribution in [2.24, 2.45) is 5.92 Å². The summed E-state index contributed by atoms with van der Waals surface area (Å²) < 4.78 is 9.12. The summed E-state index contributed by atoms with van der Waals surface area (Å²) in [7, 11) is 1.32. The van der Waals surface area contributed by atoms with Gasteiger partial charge in [-0.25, -0.2) is 19.1 Å². The molecule has 2 aromatic carbocycles. The number of imidazole rings is 1. The molecule has 4 rings (SSSR count). The molecule has 9 heteroatoms. The molecule has 4 aromatic rings. The van der Waals surface area contributed by atoms with E-state index in [9.17, 15) is 14.4 Å². The lowest BCUT2D eigenvalue weighted by atomic mass is 10.1. The molecule has 0 amide bonds. The first-order valence-electron chi connectivity index (χ1n) is 10.4. The van der Waals surface area contributed by atoms with Gasteiger partial charge in [0.05, 0.1) is 24.7 Å². The number of hydrogen-bond donors (Lipinski definition) is 0. The number of aromatic nitrogens is 4. The quantitative estimate of drug-likeness (QED) is 0.406. The predicted octanol–water partition coefficient (Wildman–Crippen LogP) is 3.49. The highest BCUT2D eigenvalue weighted by Crippen LogP contribution is 2.18. The van der Waals surface area contributed by atoms with Crippen LogP contribution < -0.4 is 11.2 Å². The van der Waals surface area contributed by atoms with E-state index < -0.39 is 17.2 Å². The summed E-state index contributed by atoms with van der Waals surface area (Å²) >= 11 is 6.17. The maximum Gasteiger partial charge on any atom is 0.337 e. The molecular weight excluding hydrogens is 444 g/mol. The summed E-state index contributed by atoms with van der Waals surface area (Å²) in [6.07, 6.45) is 1.52. The number of hydrogen-bond acceptors (Lipinski definition) is 5. The maximum absolute atomic E-state index is 13.4. The number of ether oxygens (including phenoxy) is 1. The van der Waals surface area contributed by atoms with Crippen LogP contribution >= 0.6 is 11.6 Å². The van der Waals surface area contributed by atoms with Crippen LogP contribution in [0.15, 0.2) is 64.4 Å². The molecule has 0 radical (unpaired) electrons. The molecule has 2 aromatic heterocycles. The molecule has 0 saturated heterocycles. The SMILES string of the molecule is COC(=O)c1cccc(Cn2cnc3c2c(=O)n(CC(C)C)c(=O)n3-c2cccc(Cl)c2)c1. The van der Waals surface area contributed by atoms with Gasteiger partial charge in [0.1, 0.15) is 0 Å². The first-order valence-corrected chi connectivity index (χ1v) is 10.8. The number of carbonyl (C=O) groups excluding carboxylic acids is 1. The van der Waals surface area contributed by atoms with Crippen molar-refractivity contribution >= 4 is 28.7 Å². The fraction of sp³-hybridized carbons (Fsp3) is 0.250. The first-order chi connectivity index (χ1) is 15.8. The molecule has 0 aliphatic heterocycles. The molecule has 0 atom stereocenters. The first kappa shape index (κ1) is 22.5. The summed E-state index contributed by atoms with van der Waals surface area (Å²) in [6, 6.07) is 13.8. The molecular formula is C24H23ClN4O4. The van der Waals surface area contributed by atoms with Crippen LogP contribution in [0.3, 0.4) is 0 Å². The van der Waals surface area contributed by atoms with Gasteiger partial charge >= 0.3 is 11.7 Å². The lowest BCUT2D eigenvalue weighted by Gasteiger charge is -2.14. The van der Waals surface area contributed by atoms with Crippen LogP contribution in [-0.4, -0.2) is 31.8 Å². The van der Waals surface area contributed by atoms with E-state index >= 15 is 0 Å². The maximum atomic E-state index is 13.4. The molecule has 0 spiro atoms. The van der Waals surface area contributed by atoms with E-state index in [1.54, 1.807) is 47.0 Å². The third-order valence-corrected chi connectivity index (χ3v) is 5.45. The van der Waals surface area contributed by atoms with Crippen molar-refractivity contribution in [1.82, 2.24) is 18.7 Å². The third-order valence-electron chi connectivity index (χ3n) is 5.22. The van der Waals surface area contributed by atoms with Crippen molar-refractivity contribution in [3.8, 4) is 5.69 Å². The Labute approximate surface area is 194 Å². The zero-order valence-electron chi connectivity index (χ0n) is 18.5. The molecule has 0 fully saturated rings. The number of esters is 1. The standard InChI is InChI=1S/C24H23ClN4O4/c1-15(2)12-28-22(30)20-21(29(24(28)32)19-9-5-8-18(25)11-19)26-14-27(20)13-16-6-4-7-17(10-16)23(31)33-3/h4-11,14-15H,12-13H2,1-3H3. The van der Waals surface area contributed by atoms with E-state index in [0.29, 0.717) is 21.8 Å². The summed E-state index contributed by atoms with van der Waals surface area (Å²) in [5.74, 6) is -0.366. The Hall–Kier alpha value is -3.65. The Morgan fingerprint density at radius 1 is 1.12 bits per heavy atom. The Kier molecular flexibility index (Phi) is 6.20. The Balaban J connectivity index is 1.94. The third kappa shape index (κ3) is 4.34. The number of methoxy groups -OCH3 is 1. The van der Waals surface area contributed by atoms with Crippen LogP contribution in [0.5, 0.6) is 0 Å². The molecule has 0 bridgehead atoms. The van der Waals surface area contributed by atoms with Gasteiger partial charge in [-0.15, -0.1) is 0 Å². The zero-order chi connectivity index (χ0) is 23.7. The van der Waals surface area contributed by atoms with Gasteiger partial charge in [0.2, 0.25) is 0 Å². The summed E-state index contributed by atoms with van der Waals surface area (Å²) in [4.78, 5) is 43.1. The summed E-state index contributed by atoms with van der Waals surface area (Å²) in [5.41, 5.74) is 1.37. The van der Waals surface area contributed by atoms with Gasteiger partial charge in [-0.3, -0.25) is 9.36 Å². The molecule has 0 aliphatic carbocycles. The van der Waals surface area contributed by atoms with Crippen LogP contribution in [-0.2, 0) is 17.8 Å². The molecule has 8 nitrogen and oxygen atoms in total. The Morgan fingerprint density at radius 2 is 1.88 bits per heavy atom. The highest BCUT2D eigenvalue weighted by Gasteiger charge is 2.20. The minimum Gasteiger partial charge on any atom is -0.465 e. The predicted molar refractivity (Wildman–Crippen MR) is 126 cm³/mol. The number of halogens is 1. The lowest BCUT2D eigenvalue weighted by Crippen LogP contribution is -2.41. The minimum atomic E-state index is -0.471. The average molecular weight is 467 g/mol. The number of fused-ring (bicyclic) bond motifs is 1. The van der Waals surface area contributed by atoms with Gasteiger partial charge < -0.3 is 9.30 Å². The van der Waals surface area contributed by atoms with Crippen LogP contribution in [0.2, 0.25) is 5.02 Å². The van der Waals surface area contributed by atoms with E-state index in [1.807, 2.05) is 19.9 Å². The van der Waals surface area contributed by atoms with Gasteiger partial charge in [0.25, 0.3) is 5.56 Å². The second-order valence-electron chi connectivity index (χ2n) is 8.14. The normalized spacial score (nSPS) is 11.3. The second kappa shape index (κ2) is 9.07. The highest BCUT2D eigenvalue weighted by molar-refractivity contribution is 6.30. The number of benzene rings is 2. The van der Waals surface area contributed by atoms with Gasteiger partial charge in [-0.1, -0.05) is 43.6 Å². The fourth-order valence-corrected chi connectivity index (χ4v) is 3.97. The number of nitrogens with zero attached hydrogens (tertiary/aromatic N) is 4. The molecule has 0 unspecified atom stereocenters. The van der Waals surface area contributed by atoms with Gasteiger partial charge in [0, 0.05) is 18.1 Å². The Morgan fingerprint density at radius 3 is 2.58 bits per heavy atom. The van der Waals surface area contributed by atoms with E-state index in [2.05, 4.69) is 4.98 Å². The van der Waals surface area contributed by atoms with E-state index in [4.69, 9.17) is 16.3 Å². The minimum absolute atomic E-state index is 0.0776. The number of rotatable bonds is 6.